The molecule has 21 heavy (non-hydrogen) atoms. The number of imidazole rings is 1. The Morgan fingerprint density at radius 2 is 2.10 bits per heavy atom. The molecule has 1 heterocycles. The van der Waals surface area contributed by atoms with Gasteiger partial charge < -0.3 is 10.3 Å². The second-order valence-corrected chi connectivity index (χ2v) is 6.78. The average Bonchev–Trinajstić information content (AvgIpc) is 2.74. The van der Waals surface area contributed by atoms with Gasteiger partial charge >= 0.3 is 0 Å². The van der Waals surface area contributed by atoms with E-state index in [9.17, 15) is 0 Å². The highest BCUT2D eigenvalue weighted by Crippen LogP contribution is 2.35. The summed E-state index contributed by atoms with van der Waals surface area (Å²) in [5.74, 6) is 2.11. The average molecular weight is 371 g/mol. The molecule has 0 amide bonds. The lowest BCUT2D eigenvalue weighted by atomic mass is 10.1. The SMILES string of the molecule is CCCCn1c(C(C)C)nc(-c2ccc(Cl)cc2Br)c1N. The predicted molar refractivity (Wildman–Crippen MR) is 93.8 cm³/mol. The number of unbranched alkanes of at least 4 members (excludes halogenated alkanes) is 1. The van der Waals surface area contributed by atoms with Crippen molar-refractivity contribution in [2.24, 2.45) is 0 Å². The minimum absolute atomic E-state index is 0.337. The van der Waals surface area contributed by atoms with Gasteiger partial charge in [-0.3, -0.25) is 0 Å². The Bertz CT molecular complexity index is 635. The van der Waals surface area contributed by atoms with Gasteiger partial charge in [0.15, 0.2) is 0 Å². The van der Waals surface area contributed by atoms with Gasteiger partial charge in [-0.15, -0.1) is 0 Å². The van der Waals surface area contributed by atoms with Crippen molar-refractivity contribution in [3.63, 3.8) is 0 Å². The molecule has 0 aliphatic heterocycles. The largest absolute Gasteiger partial charge is 0.383 e. The molecule has 5 heteroatoms. The van der Waals surface area contributed by atoms with Crippen LogP contribution in [0.15, 0.2) is 22.7 Å². The number of nitrogen functional groups attached to an aromatic ring is 1. The minimum atomic E-state index is 0.337. The third-order valence-electron chi connectivity index (χ3n) is 3.47. The van der Waals surface area contributed by atoms with Crippen LogP contribution < -0.4 is 5.73 Å². The first-order valence-corrected chi connectivity index (χ1v) is 8.44. The van der Waals surface area contributed by atoms with Crippen LogP contribution in [0.1, 0.15) is 45.4 Å². The van der Waals surface area contributed by atoms with Crippen LogP contribution >= 0.6 is 27.5 Å². The van der Waals surface area contributed by atoms with Crippen molar-refractivity contribution >= 4 is 33.3 Å². The third kappa shape index (κ3) is 3.43. The molecule has 114 valence electrons. The Kier molecular flexibility index (Phi) is 5.33. The van der Waals surface area contributed by atoms with Crippen molar-refractivity contribution in [1.82, 2.24) is 9.55 Å². The number of nitrogens with zero attached hydrogens (tertiary/aromatic N) is 2. The molecule has 1 aromatic heterocycles. The number of halogens is 2. The summed E-state index contributed by atoms with van der Waals surface area (Å²) >= 11 is 9.57. The molecule has 0 saturated carbocycles. The van der Waals surface area contributed by atoms with Crippen LogP contribution in [0.3, 0.4) is 0 Å². The highest BCUT2D eigenvalue weighted by Gasteiger charge is 2.19. The quantitative estimate of drug-likeness (QED) is 0.758. The number of rotatable bonds is 5. The summed E-state index contributed by atoms with van der Waals surface area (Å²) in [4.78, 5) is 4.79. The molecule has 0 bridgehead atoms. The molecule has 0 saturated heterocycles. The van der Waals surface area contributed by atoms with Crippen molar-refractivity contribution in [2.45, 2.75) is 46.1 Å². The Balaban J connectivity index is 2.54. The summed E-state index contributed by atoms with van der Waals surface area (Å²) in [6.07, 6.45) is 2.23. The number of hydrogen-bond acceptors (Lipinski definition) is 2. The zero-order valence-corrected chi connectivity index (χ0v) is 15.0. The molecule has 0 spiro atoms. The van der Waals surface area contributed by atoms with Crippen LogP contribution in [0, 0.1) is 0 Å². The second-order valence-electron chi connectivity index (χ2n) is 5.49. The highest BCUT2D eigenvalue weighted by molar-refractivity contribution is 9.10. The van der Waals surface area contributed by atoms with Crippen LogP contribution in [-0.2, 0) is 6.54 Å². The standard InChI is InChI=1S/C16H21BrClN3/c1-4-5-8-21-15(19)14(20-16(21)10(2)3)12-7-6-11(18)9-13(12)17/h6-7,9-10H,4-5,8,19H2,1-3H3. The van der Waals surface area contributed by atoms with E-state index in [0.29, 0.717) is 10.9 Å². The Hall–Kier alpha value is -1.00. The van der Waals surface area contributed by atoms with E-state index in [4.69, 9.17) is 22.3 Å². The lowest BCUT2D eigenvalue weighted by Gasteiger charge is -2.11. The van der Waals surface area contributed by atoms with Gasteiger partial charge in [0, 0.05) is 27.5 Å². The zero-order valence-electron chi connectivity index (χ0n) is 12.7. The van der Waals surface area contributed by atoms with Crippen LogP contribution in [0.2, 0.25) is 5.02 Å². The summed E-state index contributed by atoms with van der Waals surface area (Å²) in [6, 6.07) is 5.69. The number of anilines is 1. The van der Waals surface area contributed by atoms with Gasteiger partial charge in [-0.1, -0.05) is 60.8 Å². The van der Waals surface area contributed by atoms with E-state index in [0.717, 1.165) is 46.8 Å². The van der Waals surface area contributed by atoms with E-state index in [1.165, 1.54) is 0 Å². The zero-order chi connectivity index (χ0) is 15.6. The van der Waals surface area contributed by atoms with Crippen molar-refractivity contribution < 1.29 is 0 Å². The molecule has 3 nitrogen and oxygen atoms in total. The van der Waals surface area contributed by atoms with E-state index in [-0.39, 0.29) is 0 Å². The molecule has 0 atom stereocenters. The lowest BCUT2D eigenvalue weighted by Crippen LogP contribution is -2.08. The number of benzene rings is 1. The molecule has 0 aliphatic rings. The van der Waals surface area contributed by atoms with Crippen molar-refractivity contribution in [3.8, 4) is 11.3 Å². The first kappa shape index (κ1) is 16.4. The van der Waals surface area contributed by atoms with E-state index in [1.807, 2.05) is 18.2 Å². The monoisotopic (exact) mass is 369 g/mol. The van der Waals surface area contributed by atoms with E-state index >= 15 is 0 Å². The maximum Gasteiger partial charge on any atom is 0.131 e. The lowest BCUT2D eigenvalue weighted by molar-refractivity contribution is 0.588. The minimum Gasteiger partial charge on any atom is -0.383 e. The first-order chi connectivity index (χ1) is 9.95. The molecule has 1 aromatic carbocycles. The summed E-state index contributed by atoms with van der Waals surface area (Å²) in [7, 11) is 0. The van der Waals surface area contributed by atoms with Gasteiger partial charge in [-0.05, 0) is 18.6 Å². The topological polar surface area (TPSA) is 43.8 Å². The maximum absolute atomic E-state index is 6.37. The fourth-order valence-electron chi connectivity index (χ4n) is 2.36. The number of hydrogen-bond donors (Lipinski definition) is 1. The molecular weight excluding hydrogens is 350 g/mol. The van der Waals surface area contributed by atoms with Crippen LogP contribution in [0.25, 0.3) is 11.3 Å². The molecule has 0 radical (unpaired) electrons. The first-order valence-electron chi connectivity index (χ1n) is 7.27. The summed E-state index contributed by atoms with van der Waals surface area (Å²) < 4.78 is 3.06. The Morgan fingerprint density at radius 1 is 1.38 bits per heavy atom. The Morgan fingerprint density at radius 3 is 2.67 bits per heavy atom. The molecule has 0 unspecified atom stereocenters. The summed E-state index contributed by atoms with van der Waals surface area (Å²) in [6.45, 7) is 7.38. The van der Waals surface area contributed by atoms with E-state index < -0.39 is 0 Å². The molecule has 2 aromatic rings. The van der Waals surface area contributed by atoms with Crippen LogP contribution in [0.4, 0.5) is 5.82 Å². The van der Waals surface area contributed by atoms with Gasteiger partial charge in [0.25, 0.3) is 0 Å². The molecule has 0 aliphatic carbocycles. The van der Waals surface area contributed by atoms with Crippen molar-refractivity contribution in [2.75, 3.05) is 5.73 Å². The van der Waals surface area contributed by atoms with Crippen LogP contribution in [0.5, 0.6) is 0 Å². The van der Waals surface area contributed by atoms with E-state index in [1.54, 1.807) is 0 Å². The van der Waals surface area contributed by atoms with Gasteiger partial charge in [-0.25, -0.2) is 4.98 Å². The molecule has 0 fully saturated rings. The predicted octanol–water partition coefficient (Wildman–Crippen LogP) is 5.47. The van der Waals surface area contributed by atoms with Gasteiger partial charge in [0.2, 0.25) is 0 Å². The number of aromatic nitrogens is 2. The van der Waals surface area contributed by atoms with Gasteiger partial charge in [-0.2, -0.15) is 0 Å². The maximum atomic E-state index is 6.37. The second kappa shape index (κ2) is 6.84. The number of nitrogens with two attached hydrogens (primary N) is 1. The van der Waals surface area contributed by atoms with Gasteiger partial charge in [0.05, 0.1) is 0 Å². The summed E-state index contributed by atoms with van der Waals surface area (Å²) in [5, 5.41) is 0.693. The fraction of sp³-hybridized carbons (Fsp3) is 0.438. The molecule has 2 N–H and O–H groups in total. The normalized spacial score (nSPS) is 11.3. The van der Waals surface area contributed by atoms with Crippen molar-refractivity contribution in [1.29, 1.82) is 0 Å². The molecular formula is C16H21BrClN3. The fourth-order valence-corrected chi connectivity index (χ4v) is 3.23. The van der Waals surface area contributed by atoms with Crippen LogP contribution in [-0.4, -0.2) is 9.55 Å². The van der Waals surface area contributed by atoms with E-state index in [2.05, 4.69) is 41.3 Å². The third-order valence-corrected chi connectivity index (χ3v) is 4.37. The highest BCUT2D eigenvalue weighted by atomic mass is 79.9. The van der Waals surface area contributed by atoms with Crippen molar-refractivity contribution in [3.05, 3.63) is 33.5 Å². The summed E-state index contributed by atoms with van der Waals surface area (Å²) in [5.41, 5.74) is 8.18. The Labute approximate surface area is 139 Å². The smallest absolute Gasteiger partial charge is 0.131 e. The van der Waals surface area contributed by atoms with Gasteiger partial charge in [0.1, 0.15) is 17.3 Å². The molecule has 2 rings (SSSR count).